The van der Waals surface area contributed by atoms with Crippen molar-refractivity contribution in [3.63, 3.8) is 0 Å². The molecule has 0 bridgehead atoms. The summed E-state index contributed by atoms with van der Waals surface area (Å²) in [4.78, 5) is 17.2. The number of ether oxygens (including phenoxy) is 1. The van der Waals surface area contributed by atoms with Gasteiger partial charge in [-0.15, -0.1) is 0 Å². The van der Waals surface area contributed by atoms with E-state index in [0.717, 1.165) is 34.9 Å². The van der Waals surface area contributed by atoms with Gasteiger partial charge in [-0.25, -0.2) is 4.98 Å². The standard InChI is InChI=1S/C30H25NO4.Na/c1-17-12-13-26(34-21-14-20(15-21)19-8-4-3-5-9-19)27-23(30(32)33)16-24(31-28(17)27)29-18(2)22-10-6-7-11-25(22)35-29;/h3-13,16,20-21H,14-15H2,1-2H3,(H,32,33);/q;+1/p-1/t20-,21+;. The summed E-state index contributed by atoms with van der Waals surface area (Å²) in [6.45, 7) is 3.88. The van der Waals surface area contributed by atoms with Crippen molar-refractivity contribution in [3.8, 4) is 17.2 Å². The van der Waals surface area contributed by atoms with Gasteiger partial charge in [-0.05, 0) is 61.9 Å². The fourth-order valence-corrected chi connectivity index (χ4v) is 5.08. The van der Waals surface area contributed by atoms with Gasteiger partial charge >= 0.3 is 29.6 Å². The van der Waals surface area contributed by atoms with Gasteiger partial charge < -0.3 is 19.1 Å². The Morgan fingerprint density at radius 2 is 1.72 bits per heavy atom. The molecule has 1 saturated carbocycles. The first-order chi connectivity index (χ1) is 17.0. The van der Waals surface area contributed by atoms with Gasteiger partial charge in [0.15, 0.2) is 5.76 Å². The van der Waals surface area contributed by atoms with Crippen LogP contribution in [0.5, 0.6) is 5.75 Å². The number of hydrogen-bond donors (Lipinski definition) is 0. The number of carboxylic acids is 1. The fraction of sp³-hybridized carbons (Fsp3) is 0.200. The number of fused-ring (bicyclic) bond motifs is 2. The Morgan fingerprint density at radius 1 is 1.00 bits per heavy atom. The number of benzene rings is 3. The van der Waals surface area contributed by atoms with Crippen molar-refractivity contribution in [2.75, 3.05) is 0 Å². The Kier molecular flexibility index (Phi) is 6.64. The van der Waals surface area contributed by atoms with Gasteiger partial charge in [0.05, 0.1) is 23.0 Å². The molecule has 2 aromatic heterocycles. The van der Waals surface area contributed by atoms with Crippen molar-refractivity contribution >= 4 is 27.8 Å². The van der Waals surface area contributed by atoms with Crippen molar-refractivity contribution in [1.82, 2.24) is 4.98 Å². The molecule has 0 atom stereocenters. The molecular formula is C30H24NNaO4. The van der Waals surface area contributed by atoms with E-state index >= 15 is 0 Å². The molecule has 36 heavy (non-hydrogen) atoms. The number of aromatic carboxylic acids is 1. The van der Waals surface area contributed by atoms with Crippen molar-refractivity contribution in [1.29, 1.82) is 0 Å². The number of carbonyl (C=O) groups is 1. The van der Waals surface area contributed by atoms with Gasteiger partial charge in [0.1, 0.15) is 17.0 Å². The van der Waals surface area contributed by atoms with E-state index in [-0.39, 0.29) is 41.2 Å². The Bertz CT molecular complexity index is 1590. The van der Waals surface area contributed by atoms with Crippen LogP contribution in [0.4, 0.5) is 0 Å². The number of aryl methyl sites for hydroxylation is 2. The van der Waals surface area contributed by atoms with Crippen LogP contribution in [-0.4, -0.2) is 17.1 Å². The van der Waals surface area contributed by atoms with Gasteiger partial charge in [0.25, 0.3) is 0 Å². The normalized spacial score (nSPS) is 16.9. The van der Waals surface area contributed by atoms with E-state index in [1.807, 2.05) is 56.3 Å². The monoisotopic (exact) mass is 485 g/mol. The van der Waals surface area contributed by atoms with E-state index in [1.165, 1.54) is 5.56 Å². The topological polar surface area (TPSA) is 75.4 Å². The van der Waals surface area contributed by atoms with Gasteiger partial charge in [0.2, 0.25) is 0 Å². The van der Waals surface area contributed by atoms with E-state index in [1.54, 1.807) is 6.07 Å². The van der Waals surface area contributed by atoms with Gasteiger partial charge in [-0.3, -0.25) is 0 Å². The number of aromatic nitrogens is 1. The molecule has 0 saturated heterocycles. The van der Waals surface area contributed by atoms with Crippen LogP contribution in [0.3, 0.4) is 0 Å². The largest absolute Gasteiger partial charge is 1.00 e. The molecule has 1 aliphatic carbocycles. The predicted molar refractivity (Wildman–Crippen MR) is 134 cm³/mol. The van der Waals surface area contributed by atoms with Crippen LogP contribution >= 0.6 is 0 Å². The minimum atomic E-state index is -1.27. The second kappa shape index (κ2) is 9.74. The summed E-state index contributed by atoms with van der Waals surface area (Å²) >= 11 is 0. The molecule has 2 heterocycles. The van der Waals surface area contributed by atoms with E-state index in [9.17, 15) is 9.90 Å². The number of nitrogens with zero attached hydrogens (tertiary/aromatic N) is 1. The van der Waals surface area contributed by atoms with Crippen LogP contribution in [-0.2, 0) is 0 Å². The Morgan fingerprint density at radius 3 is 2.44 bits per heavy atom. The summed E-state index contributed by atoms with van der Waals surface area (Å²) in [7, 11) is 0. The third-order valence-electron chi connectivity index (χ3n) is 7.08. The fourth-order valence-electron chi connectivity index (χ4n) is 5.08. The van der Waals surface area contributed by atoms with E-state index in [0.29, 0.717) is 34.0 Å². The van der Waals surface area contributed by atoms with Gasteiger partial charge in [0, 0.05) is 16.5 Å². The third-order valence-corrected chi connectivity index (χ3v) is 7.08. The summed E-state index contributed by atoms with van der Waals surface area (Å²) in [5.74, 6) is 0.283. The van der Waals surface area contributed by atoms with Gasteiger partial charge in [-0.2, -0.15) is 0 Å². The molecule has 1 fully saturated rings. The maximum Gasteiger partial charge on any atom is 1.00 e. The molecule has 1 aliphatic rings. The Balaban J connectivity index is 0.00000267. The summed E-state index contributed by atoms with van der Waals surface area (Å²) in [6.07, 6.45) is 1.81. The van der Waals surface area contributed by atoms with Crippen LogP contribution in [0, 0.1) is 13.8 Å². The Labute approximate surface area is 231 Å². The zero-order valence-corrected chi connectivity index (χ0v) is 22.6. The molecule has 0 spiro atoms. The first kappa shape index (κ1) is 24.6. The molecule has 0 N–H and O–H groups in total. The minimum absolute atomic E-state index is 0. The molecule has 0 amide bonds. The smallest absolute Gasteiger partial charge is 0.545 e. The first-order valence-corrected chi connectivity index (χ1v) is 11.9. The number of furan rings is 1. The summed E-state index contributed by atoms with van der Waals surface area (Å²) in [5, 5.41) is 13.8. The van der Waals surface area contributed by atoms with Crippen molar-refractivity contribution < 1.29 is 48.6 Å². The zero-order chi connectivity index (χ0) is 24.1. The van der Waals surface area contributed by atoms with Crippen LogP contribution in [0.1, 0.15) is 45.8 Å². The molecule has 5 nitrogen and oxygen atoms in total. The number of carboxylic acid groups (broad SMARTS) is 1. The molecule has 0 unspecified atom stereocenters. The minimum Gasteiger partial charge on any atom is -0.545 e. The van der Waals surface area contributed by atoms with Crippen LogP contribution in [0.2, 0.25) is 0 Å². The van der Waals surface area contributed by atoms with Crippen LogP contribution in [0.25, 0.3) is 33.3 Å². The molecule has 174 valence electrons. The van der Waals surface area contributed by atoms with E-state index in [4.69, 9.17) is 14.1 Å². The number of carbonyl (C=O) groups excluding carboxylic acids is 1. The zero-order valence-electron chi connectivity index (χ0n) is 20.6. The molecule has 6 rings (SSSR count). The molecule has 5 aromatic rings. The SMILES string of the molecule is Cc1c(-c2cc(C(=O)[O-])c3c(O[C@H]4C[C@@H](c5ccccc5)C4)ccc(C)c3n2)oc2ccccc12.[Na+]. The Hall–Kier alpha value is -3.12. The number of rotatable bonds is 5. The van der Waals surface area contributed by atoms with Crippen LogP contribution < -0.4 is 39.4 Å². The van der Waals surface area contributed by atoms with E-state index < -0.39 is 5.97 Å². The first-order valence-electron chi connectivity index (χ1n) is 11.9. The van der Waals surface area contributed by atoms with Crippen molar-refractivity contribution in [3.05, 3.63) is 95.1 Å². The summed E-state index contributed by atoms with van der Waals surface area (Å²) in [6, 6.07) is 23.4. The maximum atomic E-state index is 12.3. The average molecular weight is 486 g/mol. The molecule has 0 aliphatic heterocycles. The summed E-state index contributed by atoms with van der Waals surface area (Å²) < 4.78 is 12.4. The van der Waals surface area contributed by atoms with Crippen LogP contribution in [0.15, 0.2) is 77.2 Å². The second-order valence-corrected chi connectivity index (χ2v) is 9.32. The molecule has 0 radical (unpaired) electrons. The predicted octanol–water partition coefficient (Wildman–Crippen LogP) is 2.96. The third kappa shape index (κ3) is 4.21. The molecule has 3 aromatic carbocycles. The van der Waals surface area contributed by atoms with Crippen molar-refractivity contribution in [2.45, 2.75) is 38.7 Å². The number of para-hydroxylation sites is 1. The quantitative estimate of drug-likeness (QED) is 0.358. The average Bonchev–Trinajstić information content (AvgIpc) is 3.19. The second-order valence-electron chi connectivity index (χ2n) is 9.32. The van der Waals surface area contributed by atoms with Gasteiger partial charge in [-0.1, -0.05) is 54.6 Å². The summed E-state index contributed by atoms with van der Waals surface area (Å²) in [5.41, 5.74) is 4.94. The van der Waals surface area contributed by atoms with E-state index in [2.05, 4.69) is 24.3 Å². The maximum absolute atomic E-state index is 12.3. The number of pyridine rings is 1. The van der Waals surface area contributed by atoms with Crippen molar-refractivity contribution in [2.24, 2.45) is 0 Å². The number of hydrogen-bond acceptors (Lipinski definition) is 5. The molecular weight excluding hydrogens is 461 g/mol. The molecule has 6 heteroatoms.